The van der Waals surface area contributed by atoms with Crippen LogP contribution in [0, 0.1) is 5.82 Å². The summed E-state index contributed by atoms with van der Waals surface area (Å²) in [5, 5.41) is 9.62. The van der Waals surface area contributed by atoms with Gasteiger partial charge in [-0.05, 0) is 25.0 Å². The van der Waals surface area contributed by atoms with E-state index in [0.717, 1.165) is 25.9 Å². The largest absolute Gasteiger partial charge is 0.478 e. The lowest BCUT2D eigenvalue weighted by Gasteiger charge is -2.40. The van der Waals surface area contributed by atoms with Crippen molar-refractivity contribution in [3.63, 3.8) is 0 Å². The number of benzene rings is 1. The molecule has 2 aliphatic heterocycles. The Morgan fingerprint density at radius 3 is 2.21 bits per heavy atom. The molecule has 24 heavy (non-hydrogen) atoms. The SMILES string of the molecule is O=C(N1CCCC1)N1CCC(Oc2ccccc2F)(C(=O)O)CC1. The van der Waals surface area contributed by atoms with Crippen LogP contribution in [0.5, 0.6) is 5.75 Å². The smallest absolute Gasteiger partial charge is 0.348 e. The molecule has 3 rings (SSSR count). The van der Waals surface area contributed by atoms with Crippen LogP contribution in [0.2, 0.25) is 0 Å². The summed E-state index contributed by atoms with van der Waals surface area (Å²) in [7, 11) is 0. The molecule has 0 radical (unpaired) electrons. The van der Waals surface area contributed by atoms with E-state index in [1.165, 1.54) is 18.2 Å². The number of amides is 2. The van der Waals surface area contributed by atoms with E-state index in [1.54, 1.807) is 15.9 Å². The third kappa shape index (κ3) is 3.16. The highest BCUT2D eigenvalue weighted by Crippen LogP contribution is 2.31. The van der Waals surface area contributed by atoms with Crippen LogP contribution in [-0.2, 0) is 4.79 Å². The summed E-state index contributed by atoms with van der Waals surface area (Å²) in [5.41, 5.74) is -1.50. The number of carboxylic acids is 1. The van der Waals surface area contributed by atoms with Gasteiger partial charge in [0.15, 0.2) is 11.6 Å². The Balaban J connectivity index is 1.69. The maximum atomic E-state index is 13.8. The zero-order chi connectivity index (χ0) is 17.2. The number of carbonyl (C=O) groups excluding carboxylic acids is 1. The molecule has 2 fully saturated rings. The van der Waals surface area contributed by atoms with Crippen molar-refractivity contribution >= 4 is 12.0 Å². The summed E-state index contributed by atoms with van der Waals surface area (Å²) >= 11 is 0. The molecule has 1 aromatic carbocycles. The fourth-order valence-corrected chi connectivity index (χ4v) is 3.27. The molecule has 1 aromatic rings. The van der Waals surface area contributed by atoms with E-state index in [0.29, 0.717) is 0 Å². The zero-order valence-corrected chi connectivity index (χ0v) is 13.4. The van der Waals surface area contributed by atoms with Gasteiger partial charge in [0.2, 0.25) is 5.60 Å². The lowest BCUT2D eigenvalue weighted by molar-refractivity contribution is -0.159. The van der Waals surface area contributed by atoms with E-state index in [9.17, 15) is 19.1 Å². The first-order chi connectivity index (χ1) is 11.5. The number of rotatable bonds is 3. The standard InChI is InChI=1S/C17H21FN2O4/c18-13-5-1-2-6-14(13)24-17(15(21)22)7-11-20(12-8-17)16(23)19-9-3-4-10-19/h1-2,5-6H,3-4,7-12H2,(H,21,22). The van der Waals surface area contributed by atoms with Crippen LogP contribution in [0.1, 0.15) is 25.7 Å². The molecule has 1 N–H and O–H groups in total. The Hall–Kier alpha value is -2.31. The number of hydrogen-bond donors (Lipinski definition) is 1. The number of ether oxygens (including phenoxy) is 1. The first kappa shape index (κ1) is 16.5. The predicted molar refractivity (Wildman–Crippen MR) is 84.4 cm³/mol. The Bertz CT molecular complexity index is 623. The molecule has 130 valence electrons. The number of likely N-dealkylation sites (tertiary alicyclic amines) is 2. The van der Waals surface area contributed by atoms with Crippen molar-refractivity contribution in [2.45, 2.75) is 31.3 Å². The highest BCUT2D eigenvalue weighted by atomic mass is 19.1. The van der Waals surface area contributed by atoms with Crippen LogP contribution >= 0.6 is 0 Å². The first-order valence-electron chi connectivity index (χ1n) is 8.23. The van der Waals surface area contributed by atoms with Gasteiger partial charge in [0.25, 0.3) is 0 Å². The molecule has 0 aliphatic carbocycles. The van der Waals surface area contributed by atoms with E-state index < -0.39 is 17.4 Å². The summed E-state index contributed by atoms with van der Waals surface area (Å²) in [6.45, 7) is 2.09. The second-order valence-corrected chi connectivity index (χ2v) is 6.30. The Morgan fingerprint density at radius 2 is 1.62 bits per heavy atom. The van der Waals surface area contributed by atoms with Crippen LogP contribution in [0.4, 0.5) is 9.18 Å². The average molecular weight is 336 g/mol. The second kappa shape index (κ2) is 6.67. The van der Waals surface area contributed by atoms with Crippen molar-refractivity contribution in [3.05, 3.63) is 30.1 Å². The number of halogens is 1. The molecule has 2 saturated heterocycles. The summed E-state index contributed by atoms with van der Waals surface area (Å²) in [5.74, 6) is -1.79. The molecule has 2 amide bonds. The van der Waals surface area contributed by atoms with Crippen molar-refractivity contribution < 1.29 is 23.8 Å². The molecule has 0 aromatic heterocycles. The van der Waals surface area contributed by atoms with E-state index in [4.69, 9.17) is 4.74 Å². The topological polar surface area (TPSA) is 70.1 Å². The number of para-hydroxylation sites is 1. The Labute approximate surface area is 139 Å². The number of urea groups is 1. The van der Waals surface area contributed by atoms with Gasteiger partial charge >= 0.3 is 12.0 Å². The van der Waals surface area contributed by atoms with Crippen molar-refractivity contribution in [1.29, 1.82) is 0 Å². The van der Waals surface area contributed by atoms with Gasteiger partial charge in [0.05, 0.1) is 0 Å². The molecule has 0 spiro atoms. The van der Waals surface area contributed by atoms with Crippen molar-refractivity contribution in [3.8, 4) is 5.75 Å². The van der Waals surface area contributed by atoms with Crippen molar-refractivity contribution in [2.24, 2.45) is 0 Å². The van der Waals surface area contributed by atoms with Gasteiger partial charge < -0.3 is 19.6 Å². The van der Waals surface area contributed by atoms with E-state index in [2.05, 4.69) is 0 Å². The molecule has 7 heteroatoms. The number of hydrogen-bond acceptors (Lipinski definition) is 3. The summed E-state index contributed by atoms with van der Waals surface area (Å²) < 4.78 is 19.4. The van der Waals surface area contributed by atoms with Gasteiger partial charge in [-0.1, -0.05) is 12.1 Å². The third-order valence-electron chi connectivity index (χ3n) is 4.75. The van der Waals surface area contributed by atoms with E-state index in [1.807, 2.05) is 0 Å². The molecule has 2 heterocycles. The third-order valence-corrected chi connectivity index (χ3v) is 4.75. The highest BCUT2D eigenvalue weighted by Gasteiger charge is 2.45. The number of piperidine rings is 1. The van der Waals surface area contributed by atoms with Crippen LogP contribution in [0.15, 0.2) is 24.3 Å². The van der Waals surface area contributed by atoms with Gasteiger partial charge in [-0.2, -0.15) is 0 Å². The van der Waals surface area contributed by atoms with Gasteiger partial charge in [0.1, 0.15) is 0 Å². The van der Waals surface area contributed by atoms with Gasteiger partial charge in [-0.25, -0.2) is 14.0 Å². The van der Waals surface area contributed by atoms with Crippen LogP contribution < -0.4 is 4.74 Å². The summed E-state index contributed by atoms with van der Waals surface area (Å²) in [4.78, 5) is 27.6. The molecule has 0 unspecified atom stereocenters. The zero-order valence-electron chi connectivity index (χ0n) is 13.4. The molecular formula is C17H21FN2O4. The minimum absolute atomic E-state index is 0.0441. The normalized spacial score (nSPS) is 20.0. The molecule has 6 nitrogen and oxygen atoms in total. The van der Waals surface area contributed by atoms with Crippen LogP contribution in [0.25, 0.3) is 0 Å². The first-order valence-corrected chi connectivity index (χ1v) is 8.23. The molecule has 0 saturated carbocycles. The minimum Gasteiger partial charge on any atom is -0.478 e. The number of aliphatic carboxylic acids is 1. The van der Waals surface area contributed by atoms with Crippen LogP contribution in [0.3, 0.4) is 0 Å². The lowest BCUT2D eigenvalue weighted by atomic mass is 9.91. The minimum atomic E-state index is -1.50. The molecule has 0 atom stereocenters. The number of nitrogens with zero attached hydrogens (tertiary/aromatic N) is 2. The maximum Gasteiger partial charge on any atom is 0.348 e. The summed E-state index contributed by atoms with van der Waals surface area (Å²) in [6.07, 6.45) is 2.29. The van der Waals surface area contributed by atoms with E-state index >= 15 is 0 Å². The lowest BCUT2D eigenvalue weighted by Crippen LogP contribution is -2.56. The fourth-order valence-electron chi connectivity index (χ4n) is 3.27. The molecule has 0 bridgehead atoms. The highest BCUT2D eigenvalue weighted by molar-refractivity contribution is 5.79. The maximum absolute atomic E-state index is 13.8. The average Bonchev–Trinajstić information content (AvgIpc) is 3.11. The molecular weight excluding hydrogens is 315 g/mol. The number of carbonyl (C=O) groups is 2. The van der Waals surface area contributed by atoms with Gasteiger partial charge in [0, 0.05) is 39.0 Å². The van der Waals surface area contributed by atoms with Crippen molar-refractivity contribution in [2.75, 3.05) is 26.2 Å². The van der Waals surface area contributed by atoms with E-state index in [-0.39, 0.29) is 37.7 Å². The number of carboxylic acid groups (broad SMARTS) is 1. The second-order valence-electron chi connectivity index (χ2n) is 6.30. The molecule has 2 aliphatic rings. The Kier molecular flexibility index (Phi) is 4.59. The van der Waals surface area contributed by atoms with Gasteiger partial charge in [-0.15, -0.1) is 0 Å². The van der Waals surface area contributed by atoms with Crippen molar-refractivity contribution in [1.82, 2.24) is 9.80 Å². The van der Waals surface area contributed by atoms with Crippen LogP contribution in [-0.4, -0.2) is 58.7 Å². The predicted octanol–water partition coefficient (Wildman–Crippen LogP) is 2.34. The Morgan fingerprint density at radius 1 is 1.04 bits per heavy atom. The quantitative estimate of drug-likeness (QED) is 0.920. The monoisotopic (exact) mass is 336 g/mol. The fraction of sp³-hybridized carbons (Fsp3) is 0.529. The summed E-state index contributed by atoms with van der Waals surface area (Å²) in [6, 6.07) is 5.73. The van der Waals surface area contributed by atoms with Gasteiger partial charge in [-0.3, -0.25) is 0 Å².